The summed E-state index contributed by atoms with van der Waals surface area (Å²) >= 11 is 0. The maximum atomic E-state index is 10.5. The van der Waals surface area contributed by atoms with Crippen LogP contribution < -0.4 is 5.43 Å². The van der Waals surface area contributed by atoms with Crippen molar-refractivity contribution in [2.75, 3.05) is 5.43 Å². The molecule has 2 aliphatic rings. The molecule has 1 aromatic rings. The number of hydrogen-bond donors (Lipinski definition) is 1. The summed E-state index contributed by atoms with van der Waals surface area (Å²) in [6.45, 7) is 0. The van der Waals surface area contributed by atoms with Crippen LogP contribution in [0.5, 0.6) is 0 Å². The summed E-state index contributed by atoms with van der Waals surface area (Å²) in [6.07, 6.45) is 6.65. The van der Waals surface area contributed by atoms with E-state index in [1.54, 1.807) is 12.1 Å². The van der Waals surface area contributed by atoms with Gasteiger partial charge in [0.05, 0.1) is 10.6 Å². The highest BCUT2D eigenvalue weighted by molar-refractivity contribution is 5.95. The minimum Gasteiger partial charge on any atom is -0.279 e. The van der Waals surface area contributed by atoms with Crippen molar-refractivity contribution < 1.29 is 4.92 Å². The van der Waals surface area contributed by atoms with Crippen molar-refractivity contribution in [2.24, 2.45) is 16.9 Å². The second-order valence-corrected chi connectivity index (χ2v) is 4.67. The third-order valence-corrected chi connectivity index (χ3v) is 3.55. The number of hydrogen-bond acceptors (Lipinski definition) is 4. The lowest BCUT2D eigenvalue weighted by Crippen LogP contribution is -2.33. The van der Waals surface area contributed by atoms with E-state index in [0.29, 0.717) is 5.92 Å². The molecule has 3 rings (SSSR count). The first-order valence-corrected chi connectivity index (χ1v) is 5.97. The predicted molar refractivity (Wildman–Crippen MR) is 69.5 cm³/mol. The standard InChI is InChI=1S/C13H13N3O2/c17-16(18)11-6-4-10(5-7-11)14-15-13-8-9-2-1-3-12(9)13/h1,3-7,9,12,14H,2,8H2/b15-13-/t9-,12-/m1/s1. The lowest BCUT2D eigenvalue weighted by molar-refractivity contribution is -0.384. The summed E-state index contributed by atoms with van der Waals surface area (Å²) in [6, 6.07) is 6.29. The van der Waals surface area contributed by atoms with Crippen LogP contribution in [0.2, 0.25) is 0 Å². The molecule has 0 amide bonds. The lowest BCUT2D eigenvalue weighted by Gasteiger charge is -2.31. The summed E-state index contributed by atoms with van der Waals surface area (Å²) in [5.41, 5.74) is 5.00. The van der Waals surface area contributed by atoms with Gasteiger partial charge in [-0.2, -0.15) is 5.10 Å². The van der Waals surface area contributed by atoms with Crippen LogP contribution in [0.25, 0.3) is 0 Å². The molecule has 2 aliphatic carbocycles. The zero-order valence-electron chi connectivity index (χ0n) is 9.74. The van der Waals surface area contributed by atoms with Crippen molar-refractivity contribution in [3.05, 3.63) is 46.5 Å². The van der Waals surface area contributed by atoms with Gasteiger partial charge in [-0.3, -0.25) is 15.5 Å². The van der Waals surface area contributed by atoms with Gasteiger partial charge in [-0.05, 0) is 30.9 Å². The average molecular weight is 243 g/mol. The molecule has 18 heavy (non-hydrogen) atoms. The Morgan fingerprint density at radius 2 is 2.11 bits per heavy atom. The van der Waals surface area contributed by atoms with Crippen molar-refractivity contribution in [2.45, 2.75) is 12.8 Å². The number of anilines is 1. The number of nitro benzene ring substituents is 1. The molecule has 0 bridgehead atoms. The number of allylic oxidation sites excluding steroid dienone is 2. The monoisotopic (exact) mass is 243 g/mol. The minimum atomic E-state index is -0.407. The molecular formula is C13H13N3O2. The highest BCUT2D eigenvalue weighted by Crippen LogP contribution is 2.40. The molecule has 0 aliphatic heterocycles. The number of rotatable bonds is 3. The number of benzene rings is 1. The number of non-ortho nitro benzene ring substituents is 1. The molecule has 0 saturated heterocycles. The van der Waals surface area contributed by atoms with Gasteiger partial charge in [-0.15, -0.1) is 0 Å². The zero-order valence-corrected chi connectivity index (χ0v) is 9.74. The Hall–Kier alpha value is -2.17. The lowest BCUT2D eigenvalue weighted by atomic mass is 9.74. The van der Waals surface area contributed by atoms with Gasteiger partial charge in [0.25, 0.3) is 5.69 Å². The van der Waals surface area contributed by atoms with E-state index in [-0.39, 0.29) is 5.69 Å². The number of nitro groups is 1. The first-order chi connectivity index (χ1) is 8.74. The summed E-state index contributed by atoms with van der Waals surface area (Å²) in [4.78, 5) is 10.1. The third-order valence-electron chi connectivity index (χ3n) is 3.55. The maximum Gasteiger partial charge on any atom is 0.269 e. The fourth-order valence-corrected chi connectivity index (χ4v) is 2.46. The maximum absolute atomic E-state index is 10.5. The normalized spacial score (nSPS) is 26.8. The molecule has 5 nitrogen and oxygen atoms in total. The van der Waals surface area contributed by atoms with Gasteiger partial charge in [-0.1, -0.05) is 12.2 Å². The van der Waals surface area contributed by atoms with Gasteiger partial charge in [0, 0.05) is 23.8 Å². The molecule has 1 fully saturated rings. The minimum absolute atomic E-state index is 0.0932. The van der Waals surface area contributed by atoms with Crippen LogP contribution in [-0.2, 0) is 0 Å². The molecule has 1 N–H and O–H groups in total. The Labute approximate surface area is 104 Å². The van der Waals surface area contributed by atoms with Gasteiger partial charge < -0.3 is 0 Å². The quantitative estimate of drug-likeness (QED) is 0.504. The molecule has 0 aromatic heterocycles. The fraction of sp³-hybridized carbons (Fsp3) is 0.308. The van der Waals surface area contributed by atoms with Crippen LogP contribution in [0, 0.1) is 22.0 Å². The van der Waals surface area contributed by atoms with Gasteiger partial charge in [0.2, 0.25) is 0 Å². The molecule has 2 atom stereocenters. The van der Waals surface area contributed by atoms with E-state index < -0.39 is 4.92 Å². The Morgan fingerprint density at radius 3 is 2.78 bits per heavy atom. The van der Waals surface area contributed by atoms with E-state index in [4.69, 9.17) is 0 Å². The predicted octanol–water partition coefficient (Wildman–Crippen LogP) is 2.96. The molecule has 5 heteroatoms. The van der Waals surface area contributed by atoms with Crippen LogP contribution in [0.4, 0.5) is 11.4 Å². The Balaban J connectivity index is 1.65. The smallest absolute Gasteiger partial charge is 0.269 e. The third kappa shape index (κ3) is 1.88. The molecule has 0 radical (unpaired) electrons. The summed E-state index contributed by atoms with van der Waals surface area (Å²) in [7, 11) is 0. The Kier molecular flexibility index (Phi) is 2.59. The first kappa shape index (κ1) is 11.0. The van der Waals surface area contributed by atoms with E-state index in [0.717, 1.165) is 18.0 Å². The van der Waals surface area contributed by atoms with Crippen molar-refractivity contribution in [1.82, 2.24) is 0 Å². The molecule has 0 unspecified atom stereocenters. The topological polar surface area (TPSA) is 67.5 Å². The number of nitrogens with one attached hydrogen (secondary N) is 1. The number of hydrazone groups is 1. The van der Waals surface area contributed by atoms with E-state index in [1.807, 2.05) is 0 Å². The second kappa shape index (κ2) is 4.25. The van der Waals surface area contributed by atoms with Crippen molar-refractivity contribution in [1.29, 1.82) is 0 Å². The highest BCUT2D eigenvalue weighted by Gasteiger charge is 2.37. The Bertz CT molecular complexity index is 534. The van der Waals surface area contributed by atoms with E-state index in [1.165, 1.54) is 24.3 Å². The van der Waals surface area contributed by atoms with E-state index in [2.05, 4.69) is 22.7 Å². The molecule has 92 valence electrons. The molecule has 0 heterocycles. The Morgan fingerprint density at radius 1 is 1.33 bits per heavy atom. The highest BCUT2D eigenvalue weighted by atomic mass is 16.6. The van der Waals surface area contributed by atoms with Crippen LogP contribution >= 0.6 is 0 Å². The van der Waals surface area contributed by atoms with E-state index >= 15 is 0 Å². The molecule has 0 spiro atoms. The van der Waals surface area contributed by atoms with Crippen molar-refractivity contribution in [3.63, 3.8) is 0 Å². The molecular weight excluding hydrogens is 230 g/mol. The number of nitrogens with zero attached hydrogens (tertiary/aromatic N) is 2. The van der Waals surface area contributed by atoms with Gasteiger partial charge in [-0.25, -0.2) is 0 Å². The van der Waals surface area contributed by atoms with E-state index in [9.17, 15) is 10.1 Å². The second-order valence-electron chi connectivity index (χ2n) is 4.67. The van der Waals surface area contributed by atoms with Gasteiger partial charge in [0.15, 0.2) is 0 Å². The largest absolute Gasteiger partial charge is 0.279 e. The molecule has 1 aromatic carbocycles. The summed E-state index contributed by atoms with van der Waals surface area (Å²) in [5, 5.41) is 14.9. The first-order valence-electron chi connectivity index (χ1n) is 5.97. The van der Waals surface area contributed by atoms with Crippen molar-refractivity contribution in [3.8, 4) is 0 Å². The van der Waals surface area contributed by atoms with Crippen LogP contribution in [-0.4, -0.2) is 10.6 Å². The van der Waals surface area contributed by atoms with Crippen LogP contribution in [0.1, 0.15) is 12.8 Å². The van der Waals surface area contributed by atoms with Gasteiger partial charge >= 0.3 is 0 Å². The van der Waals surface area contributed by atoms with Crippen LogP contribution in [0.15, 0.2) is 41.5 Å². The number of fused-ring (bicyclic) bond motifs is 1. The van der Waals surface area contributed by atoms with Crippen LogP contribution in [0.3, 0.4) is 0 Å². The zero-order chi connectivity index (χ0) is 12.5. The van der Waals surface area contributed by atoms with Crippen molar-refractivity contribution >= 4 is 17.1 Å². The average Bonchev–Trinajstić information content (AvgIpc) is 2.72. The summed E-state index contributed by atoms with van der Waals surface area (Å²) < 4.78 is 0. The summed E-state index contributed by atoms with van der Waals surface area (Å²) in [5.74, 6) is 1.26. The SMILES string of the molecule is O=[N+]([O-])c1ccc(N/N=C2/C[C@H]3CC=C[C@@H]23)cc1. The molecule has 1 saturated carbocycles. The fourth-order valence-electron chi connectivity index (χ4n) is 2.46. The van der Waals surface area contributed by atoms with Gasteiger partial charge in [0.1, 0.15) is 0 Å².